The summed E-state index contributed by atoms with van der Waals surface area (Å²) in [4.78, 5) is 5.64. The molecule has 0 radical (unpaired) electrons. The number of thioether (sulfide) groups is 1. The average Bonchev–Trinajstić information content (AvgIpc) is 2.88. The third-order valence-electron chi connectivity index (χ3n) is 2.90. The van der Waals surface area contributed by atoms with Gasteiger partial charge in [-0.15, -0.1) is 11.8 Å². The highest BCUT2D eigenvalue weighted by atomic mass is 79.9. The average molecular weight is 356 g/mol. The minimum atomic E-state index is 0.357. The summed E-state index contributed by atoms with van der Waals surface area (Å²) in [5.41, 5.74) is 0. The number of nitrogens with zero attached hydrogens (tertiary/aromatic N) is 2. The normalized spacial score (nSPS) is 12.6. The maximum absolute atomic E-state index is 5.26. The Kier molecular flexibility index (Phi) is 6.06. The van der Waals surface area contributed by atoms with E-state index in [9.17, 15) is 0 Å². The van der Waals surface area contributed by atoms with E-state index >= 15 is 0 Å². The number of rotatable bonds is 7. The molecule has 1 aromatic heterocycles. The first kappa shape index (κ1) is 15.5. The largest absolute Gasteiger partial charge is 0.339 e. The molecule has 0 amide bonds. The number of likely N-dealkylation sites (N-methyl/N-ethyl adjacent to an activating group) is 1. The van der Waals surface area contributed by atoms with Crippen molar-refractivity contribution in [1.82, 2.24) is 15.5 Å². The molecule has 2 rings (SSSR count). The van der Waals surface area contributed by atoms with Gasteiger partial charge in [0, 0.05) is 34.0 Å². The first-order valence-electron chi connectivity index (χ1n) is 6.55. The molecule has 0 fully saturated rings. The molecule has 1 N–H and O–H groups in total. The molecular formula is C14H18BrN3OS. The molecular weight excluding hydrogens is 338 g/mol. The van der Waals surface area contributed by atoms with Gasteiger partial charge < -0.3 is 9.84 Å². The summed E-state index contributed by atoms with van der Waals surface area (Å²) in [6, 6.07) is 8.56. The zero-order valence-corrected chi connectivity index (χ0v) is 14.0. The van der Waals surface area contributed by atoms with Crippen LogP contribution in [0.25, 0.3) is 0 Å². The SMILES string of the molecule is CNC(C)Cc1noc(CCSc2ccccc2Br)n1. The number of halogens is 1. The molecule has 4 nitrogen and oxygen atoms in total. The lowest BCUT2D eigenvalue weighted by Crippen LogP contribution is -2.24. The second-order valence-corrected chi connectivity index (χ2v) is 6.52. The van der Waals surface area contributed by atoms with Crippen LogP contribution in [-0.4, -0.2) is 29.0 Å². The highest BCUT2D eigenvalue weighted by Gasteiger charge is 2.09. The molecule has 1 atom stereocenters. The van der Waals surface area contributed by atoms with E-state index in [1.165, 1.54) is 4.90 Å². The van der Waals surface area contributed by atoms with Crippen molar-refractivity contribution in [3.8, 4) is 0 Å². The highest BCUT2D eigenvalue weighted by molar-refractivity contribution is 9.10. The molecule has 108 valence electrons. The standard InChI is InChI=1S/C14H18BrN3OS/c1-10(16-2)9-13-17-14(19-18-13)7-8-20-12-6-4-3-5-11(12)15/h3-6,10,16H,7-9H2,1-2H3. The van der Waals surface area contributed by atoms with Crippen LogP contribution >= 0.6 is 27.7 Å². The Morgan fingerprint density at radius 3 is 2.95 bits per heavy atom. The van der Waals surface area contributed by atoms with E-state index in [4.69, 9.17) is 4.52 Å². The third kappa shape index (κ3) is 4.61. The van der Waals surface area contributed by atoms with Gasteiger partial charge in [0.05, 0.1) is 0 Å². The molecule has 0 spiro atoms. The van der Waals surface area contributed by atoms with Crippen LogP contribution < -0.4 is 5.32 Å². The van der Waals surface area contributed by atoms with Crippen molar-refractivity contribution in [3.63, 3.8) is 0 Å². The van der Waals surface area contributed by atoms with Gasteiger partial charge in [-0.1, -0.05) is 17.3 Å². The van der Waals surface area contributed by atoms with E-state index < -0.39 is 0 Å². The van der Waals surface area contributed by atoms with E-state index in [-0.39, 0.29) is 0 Å². The monoisotopic (exact) mass is 355 g/mol. The van der Waals surface area contributed by atoms with Crippen molar-refractivity contribution < 1.29 is 4.52 Å². The number of aromatic nitrogens is 2. The second-order valence-electron chi connectivity index (χ2n) is 4.53. The van der Waals surface area contributed by atoms with Crippen LogP contribution in [-0.2, 0) is 12.8 Å². The summed E-state index contributed by atoms with van der Waals surface area (Å²) in [6.45, 7) is 2.10. The number of benzene rings is 1. The van der Waals surface area contributed by atoms with Crippen LogP contribution in [0.5, 0.6) is 0 Å². The fraction of sp³-hybridized carbons (Fsp3) is 0.429. The molecule has 2 aromatic rings. The number of hydrogen-bond acceptors (Lipinski definition) is 5. The fourth-order valence-electron chi connectivity index (χ4n) is 1.66. The third-order valence-corrected chi connectivity index (χ3v) is 4.93. The molecule has 0 aliphatic heterocycles. The van der Waals surface area contributed by atoms with Crippen LogP contribution in [0.1, 0.15) is 18.6 Å². The molecule has 1 aromatic carbocycles. The Bertz CT molecular complexity index is 547. The quantitative estimate of drug-likeness (QED) is 0.772. The summed E-state index contributed by atoms with van der Waals surface area (Å²) in [6.07, 6.45) is 1.57. The van der Waals surface area contributed by atoms with Crippen molar-refractivity contribution in [3.05, 3.63) is 40.5 Å². The van der Waals surface area contributed by atoms with Gasteiger partial charge in [-0.3, -0.25) is 0 Å². The minimum absolute atomic E-state index is 0.357. The Labute approximate surface area is 131 Å². The fourth-order valence-corrected chi connectivity index (χ4v) is 3.17. The maximum atomic E-state index is 5.26. The van der Waals surface area contributed by atoms with Gasteiger partial charge in [0.25, 0.3) is 0 Å². The molecule has 0 aliphatic rings. The van der Waals surface area contributed by atoms with Gasteiger partial charge in [0.15, 0.2) is 5.82 Å². The van der Waals surface area contributed by atoms with Crippen molar-refractivity contribution in [2.24, 2.45) is 0 Å². The van der Waals surface area contributed by atoms with Crippen LogP contribution in [0.4, 0.5) is 0 Å². The molecule has 1 unspecified atom stereocenters. The number of aryl methyl sites for hydroxylation is 1. The number of hydrogen-bond donors (Lipinski definition) is 1. The minimum Gasteiger partial charge on any atom is -0.339 e. The van der Waals surface area contributed by atoms with E-state index in [1.807, 2.05) is 25.2 Å². The molecule has 20 heavy (non-hydrogen) atoms. The zero-order valence-electron chi connectivity index (χ0n) is 11.6. The first-order valence-corrected chi connectivity index (χ1v) is 8.33. The summed E-state index contributed by atoms with van der Waals surface area (Å²) < 4.78 is 6.39. The first-order chi connectivity index (χ1) is 9.69. The van der Waals surface area contributed by atoms with Crippen molar-refractivity contribution in [2.75, 3.05) is 12.8 Å². The molecule has 0 aliphatic carbocycles. The van der Waals surface area contributed by atoms with Gasteiger partial charge in [-0.25, -0.2) is 0 Å². The maximum Gasteiger partial charge on any atom is 0.227 e. The summed E-state index contributed by atoms with van der Waals surface area (Å²) >= 11 is 5.33. The van der Waals surface area contributed by atoms with Crippen molar-refractivity contribution >= 4 is 27.7 Å². The smallest absolute Gasteiger partial charge is 0.227 e. The van der Waals surface area contributed by atoms with Crippen LogP contribution in [0, 0.1) is 0 Å². The van der Waals surface area contributed by atoms with Gasteiger partial charge in [-0.05, 0) is 42.0 Å². The predicted octanol–water partition coefficient (Wildman–Crippen LogP) is 3.32. The summed E-state index contributed by atoms with van der Waals surface area (Å²) in [7, 11) is 1.93. The van der Waals surface area contributed by atoms with E-state index in [0.29, 0.717) is 11.9 Å². The molecule has 0 bridgehead atoms. The van der Waals surface area contributed by atoms with Gasteiger partial charge >= 0.3 is 0 Å². The topological polar surface area (TPSA) is 51.0 Å². The highest BCUT2D eigenvalue weighted by Crippen LogP contribution is 2.27. The van der Waals surface area contributed by atoms with E-state index in [1.54, 1.807) is 11.8 Å². The van der Waals surface area contributed by atoms with Gasteiger partial charge in [-0.2, -0.15) is 4.98 Å². The van der Waals surface area contributed by atoms with Gasteiger partial charge in [0.1, 0.15) is 0 Å². The Balaban J connectivity index is 1.81. The van der Waals surface area contributed by atoms with Crippen molar-refractivity contribution in [1.29, 1.82) is 0 Å². The Morgan fingerprint density at radius 1 is 1.40 bits per heavy atom. The Hall–Kier alpha value is -0.850. The second kappa shape index (κ2) is 7.81. The zero-order chi connectivity index (χ0) is 14.4. The lowest BCUT2D eigenvalue weighted by molar-refractivity contribution is 0.375. The lowest BCUT2D eigenvalue weighted by atomic mass is 10.2. The molecule has 0 saturated carbocycles. The lowest BCUT2D eigenvalue weighted by Gasteiger charge is -2.04. The number of nitrogens with one attached hydrogen (secondary N) is 1. The predicted molar refractivity (Wildman–Crippen MR) is 85.1 cm³/mol. The molecule has 0 saturated heterocycles. The van der Waals surface area contributed by atoms with Gasteiger partial charge in [0.2, 0.25) is 5.89 Å². The molecule has 1 heterocycles. The van der Waals surface area contributed by atoms with Crippen LogP contribution in [0.3, 0.4) is 0 Å². The van der Waals surface area contributed by atoms with E-state index in [0.717, 1.165) is 28.9 Å². The summed E-state index contributed by atoms with van der Waals surface area (Å²) in [5.74, 6) is 2.40. The van der Waals surface area contributed by atoms with Crippen LogP contribution in [0.2, 0.25) is 0 Å². The van der Waals surface area contributed by atoms with E-state index in [2.05, 4.69) is 44.4 Å². The Morgan fingerprint density at radius 2 is 2.20 bits per heavy atom. The van der Waals surface area contributed by atoms with Crippen molar-refractivity contribution in [2.45, 2.75) is 30.7 Å². The molecule has 6 heteroatoms. The van der Waals surface area contributed by atoms with Crippen LogP contribution in [0.15, 0.2) is 38.2 Å². The summed E-state index contributed by atoms with van der Waals surface area (Å²) in [5, 5.41) is 7.17.